The zero-order valence-electron chi connectivity index (χ0n) is 16.2. The summed E-state index contributed by atoms with van der Waals surface area (Å²) in [5.74, 6) is 1.93. The third-order valence-corrected chi connectivity index (χ3v) is 9.55. The fourth-order valence-corrected chi connectivity index (χ4v) is 7.23. The summed E-state index contributed by atoms with van der Waals surface area (Å²) >= 11 is 1.28. The molecule has 152 valence electrons. The number of nitrogens with zero attached hydrogens (tertiary/aromatic N) is 3. The van der Waals surface area contributed by atoms with Crippen LogP contribution in [0, 0.1) is 0 Å². The minimum absolute atomic E-state index is 0.0292. The summed E-state index contributed by atoms with van der Waals surface area (Å²) in [6, 6.07) is 11.5. The van der Waals surface area contributed by atoms with Gasteiger partial charge in [-0.25, -0.2) is 13.4 Å². The van der Waals surface area contributed by atoms with E-state index in [-0.39, 0.29) is 5.41 Å². The summed E-state index contributed by atoms with van der Waals surface area (Å²) in [5.41, 5.74) is 2.17. The number of hydrogen-bond acceptors (Lipinski definition) is 5. The zero-order chi connectivity index (χ0) is 20.1. The molecule has 0 N–H and O–H groups in total. The van der Waals surface area contributed by atoms with Gasteiger partial charge in [0.2, 0.25) is 0 Å². The second-order valence-corrected chi connectivity index (χ2v) is 10.8. The monoisotopic (exact) mass is 429 g/mol. The van der Waals surface area contributed by atoms with Gasteiger partial charge < -0.3 is 9.30 Å². The first kappa shape index (κ1) is 18.8. The van der Waals surface area contributed by atoms with E-state index < -0.39 is 10.0 Å². The fourth-order valence-electron chi connectivity index (χ4n) is 4.64. The van der Waals surface area contributed by atoms with Crippen LogP contribution in [0.4, 0.5) is 0 Å². The van der Waals surface area contributed by atoms with E-state index in [4.69, 9.17) is 9.72 Å². The van der Waals surface area contributed by atoms with E-state index in [0.717, 1.165) is 48.6 Å². The first-order chi connectivity index (χ1) is 14.0. The Kier molecular flexibility index (Phi) is 4.53. The molecule has 6 nitrogen and oxygen atoms in total. The lowest BCUT2D eigenvalue weighted by atomic mass is 9.77. The molecule has 8 heteroatoms. The van der Waals surface area contributed by atoms with Crippen molar-refractivity contribution in [3.05, 3.63) is 53.8 Å². The Hall–Kier alpha value is -2.16. The average molecular weight is 430 g/mol. The Labute approximate surface area is 174 Å². The lowest BCUT2D eigenvalue weighted by Gasteiger charge is -2.37. The van der Waals surface area contributed by atoms with E-state index in [1.807, 2.05) is 29.8 Å². The summed E-state index contributed by atoms with van der Waals surface area (Å²) in [6.07, 6.45) is 4.58. The highest BCUT2D eigenvalue weighted by molar-refractivity contribution is 7.91. The van der Waals surface area contributed by atoms with Crippen molar-refractivity contribution >= 4 is 21.4 Å². The smallest absolute Gasteiger partial charge is 0.252 e. The van der Waals surface area contributed by atoms with Gasteiger partial charge in [-0.05, 0) is 42.8 Å². The lowest BCUT2D eigenvalue weighted by Crippen LogP contribution is -2.44. The van der Waals surface area contributed by atoms with E-state index in [9.17, 15) is 8.42 Å². The molecule has 0 radical (unpaired) electrons. The maximum Gasteiger partial charge on any atom is 0.252 e. The first-order valence-corrected chi connectivity index (χ1v) is 12.1. The van der Waals surface area contributed by atoms with Crippen LogP contribution in [-0.4, -0.2) is 42.5 Å². The van der Waals surface area contributed by atoms with Crippen LogP contribution in [-0.2, 0) is 22.0 Å². The summed E-state index contributed by atoms with van der Waals surface area (Å²) < 4.78 is 35.4. The van der Waals surface area contributed by atoms with E-state index >= 15 is 0 Å². The van der Waals surface area contributed by atoms with Crippen molar-refractivity contribution in [1.82, 2.24) is 13.9 Å². The quantitative estimate of drug-likeness (QED) is 0.634. The predicted octanol–water partition coefficient (Wildman–Crippen LogP) is 3.75. The molecule has 0 amide bonds. The van der Waals surface area contributed by atoms with Crippen LogP contribution in [0.5, 0.6) is 5.75 Å². The number of methoxy groups -OCH3 is 1. The Morgan fingerprint density at radius 2 is 1.90 bits per heavy atom. The van der Waals surface area contributed by atoms with Crippen molar-refractivity contribution in [2.24, 2.45) is 0 Å². The van der Waals surface area contributed by atoms with E-state index in [1.165, 1.54) is 11.3 Å². The van der Waals surface area contributed by atoms with Crippen LogP contribution in [0.3, 0.4) is 0 Å². The number of ether oxygens (including phenoxy) is 1. The highest BCUT2D eigenvalue weighted by Gasteiger charge is 2.46. The van der Waals surface area contributed by atoms with Gasteiger partial charge in [-0.2, -0.15) is 4.31 Å². The Morgan fingerprint density at radius 3 is 2.62 bits per heavy atom. The van der Waals surface area contributed by atoms with E-state index in [0.29, 0.717) is 17.3 Å². The largest absolute Gasteiger partial charge is 0.497 e. The van der Waals surface area contributed by atoms with Crippen LogP contribution in [0.2, 0.25) is 0 Å². The van der Waals surface area contributed by atoms with Gasteiger partial charge in [0.1, 0.15) is 15.8 Å². The molecule has 5 rings (SSSR count). The van der Waals surface area contributed by atoms with Gasteiger partial charge >= 0.3 is 0 Å². The van der Waals surface area contributed by atoms with Crippen molar-refractivity contribution in [2.45, 2.75) is 35.4 Å². The molecule has 2 aromatic heterocycles. The van der Waals surface area contributed by atoms with Gasteiger partial charge in [-0.1, -0.05) is 18.2 Å². The molecule has 1 spiro atoms. The normalized spacial score (nSPS) is 18.8. The summed E-state index contributed by atoms with van der Waals surface area (Å²) in [6.45, 7) is 2.00. The molecular weight excluding hydrogens is 406 g/mol. The molecule has 0 bridgehead atoms. The molecule has 4 heterocycles. The van der Waals surface area contributed by atoms with E-state index in [1.54, 1.807) is 23.5 Å². The molecule has 2 aliphatic heterocycles. The zero-order valence-corrected chi connectivity index (χ0v) is 17.9. The van der Waals surface area contributed by atoms with Gasteiger partial charge in [0.25, 0.3) is 10.0 Å². The van der Waals surface area contributed by atoms with Crippen LogP contribution in [0.15, 0.2) is 52.2 Å². The highest BCUT2D eigenvalue weighted by atomic mass is 32.2. The molecule has 1 aromatic carbocycles. The molecule has 0 aliphatic carbocycles. The number of thiophene rings is 1. The third-order valence-electron chi connectivity index (χ3n) is 6.28. The van der Waals surface area contributed by atoms with Crippen LogP contribution < -0.4 is 4.74 Å². The molecule has 0 saturated carbocycles. The molecular formula is C21H23N3O3S2. The van der Waals surface area contributed by atoms with Crippen molar-refractivity contribution in [1.29, 1.82) is 0 Å². The second-order valence-electron chi connectivity index (χ2n) is 7.72. The number of aromatic nitrogens is 2. The van der Waals surface area contributed by atoms with E-state index in [2.05, 4.69) is 10.6 Å². The van der Waals surface area contributed by atoms with Crippen molar-refractivity contribution in [3.8, 4) is 17.0 Å². The van der Waals surface area contributed by atoms with Gasteiger partial charge in [-0.3, -0.25) is 0 Å². The second kappa shape index (κ2) is 6.97. The number of fused-ring (bicyclic) bond motifs is 2. The number of sulfonamides is 1. The highest BCUT2D eigenvalue weighted by Crippen LogP contribution is 2.45. The Bertz CT molecular complexity index is 1130. The topological polar surface area (TPSA) is 64.4 Å². The van der Waals surface area contributed by atoms with Crippen molar-refractivity contribution in [3.63, 3.8) is 0 Å². The molecule has 1 fully saturated rings. The maximum absolute atomic E-state index is 12.9. The fraction of sp³-hybridized carbons (Fsp3) is 0.381. The van der Waals surface area contributed by atoms with Gasteiger partial charge in [-0.15, -0.1) is 11.3 Å². The Morgan fingerprint density at radius 1 is 1.10 bits per heavy atom. The number of hydrogen-bond donors (Lipinski definition) is 0. The maximum atomic E-state index is 12.9. The summed E-state index contributed by atoms with van der Waals surface area (Å²) in [5, 5.41) is 1.81. The van der Waals surface area contributed by atoms with Crippen molar-refractivity contribution in [2.75, 3.05) is 20.2 Å². The minimum Gasteiger partial charge on any atom is -0.497 e. The Balaban J connectivity index is 1.40. The van der Waals surface area contributed by atoms with Crippen LogP contribution in [0.25, 0.3) is 11.3 Å². The summed E-state index contributed by atoms with van der Waals surface area (Å²) in [4.78, 5) is 4.80. The van der Waals surface area contributed by atoms with Gasteiger partial charge in [0, 0.05) is 30.6 Å². The van der Waals surface area contributed by atoms with Crippen LogP contribution >= 0.6 is 11.3 Å². The molecule has 1 saturated heterocycles. The summed E-state index contributed by atoms with van der Waals surface area (Å²) in [7, 11) is -1.70. The molecule has 2 aliphatic rings. The first-order valence-electron chi connectivity index (χ1n) is 9.78. The number of benzene rings is 1. The minimum atomic E-state index is -3.38. The standard InChI is InChI=1S/C21H23N3O3S2/c1-27-17-5-2-4-16(14-17)18-15-22-20-21(9-12-24(18)20)7-10-23(11-8-21)29(25,26)19-6-3-13-28-19/h2-6,13-15H,7-12H2,1H3. The number of piperidine rings is 1. The SMILES string of the molecule is COc1cccc(-c2cnc3n2CCC32CCN(S(=O)(=O)c3cccs3)CC2)c1. The predicted molar refractivity (Wildman–Crippen MR) is 113 cm³/mol. The third kappa shape index (κ3) is 3.01. The van der Waals surface area contributed by atoms with Crippen LogP contribution in [0.1, 0.15) is 25.1 Å². The number of rotatable bonds is 4. The van der Waals surface area contributed by atoms with Crippen molar-refractivity contribution < 1.29 is 13.2 Å². The number of imidazole rings is 1. The average Bonchev–Trinajstić information content (AvgIpc) is 3.48. The van der Waals surface area contributed by atoms with Gasteiger partial charge in [0.15, 0.2) is 0 Å². The lowest BCUT2D eigenvalue weighted by molar-refractivity contribution is 0.228. The molecule has 3 aromatic rings. The molecule has 29 heavy (non-hydrogen) atoms. The molecule has 0 unspecified atom stereocenters. The molecule has 0 atom stereocenters. The van der Waals surface area contributed by atoms with Gasteiger partial charge in [0.05, 0.1) is 19.0 Å².